The molecule has 0 aliphatic rings. The molecular formula is C3H5LiO2S. The van der Waals surface area contributed by atoms with Gasteiger partial charge in [0.05, 0.1) is 6.10 Å². The Bertz CT molecular complexity index is 64.0. The molecule has 1 N–H and O–H groups in total. The van der Waals surface area contributed by atoms with Gasteiger partial charge in [0.2, 0.25) is 0 Å². The van der Waals surface area contributed by atoms with Gasteiger partial charge in [-0.2, -0.15) is 0 Å². The van der Waals surface area contributed by atoms with E-state index in [0.717, 1.165) is 0 Å². The fraction of sp³-hybridized carbons (Fsp3) is 0.667. The molecule has 7 heavy (non-hydrogen) atoms. The third-order valence-corrected chi connectivity index (χ3v) is 0.682. The Balaban J connectivity index is 0. The summed E-state index contributed by atoms with van der Waals surface area (Å²) in [6.07, 6.45) is -0.972. The van der Waals surface area contributed by atoms with Crippen LogP contribution in [0.15, 0.2) is 0 Å². The van der Waals surface area contributed by atoms with Crippen molar-refractivity contribution in [3.8, 4) is 0 Å². The topological polar surface area (TPSA) is 43.3 Å². The molecule has 0 radical (unpaired) electrons. The van der Waals surface area contributed by atoms with Crippen molar-refractivity contribution in [2.45, 2.75) is 13.0 Å². The van der Waals surface area contributed by atoms with Crippen molar-refractivity contribution >= 4 is 17.3 Å². The van der Waals surface area contributed by atoms with Gasteiger partial charge in [-0.05, 0) is 12.0 Å². The van der Waals surface area contributed by atoms with Gasteiger partial charge < -0.3 is 10.2 Å². The predicted octanol–water partition coefficient (Wildman–Crippen LogP) is -3.94. The van der Waals surface area contributed by atoms with Gasteiger partial charge >= 0.3 is 18.9 Å². The first-order valence-electron chi connectivity index (χ1n) is 1.53. The first kappa shape index (κ1) is 10.4. The van der Waals surface area contributed by atoms with E-state index in [0.29, 0.717) is 0 Å². The zero-order valence-corrected chi connectivity index (χ0v) is 5.16. The molecule has 0 aromatic heterocycles. The molecule has 4 heteroatoms. The van der Waals surface area contributed by atoms with Gasteiger partial charge in [0, 0.05) is 0 Å². The maximum atomic E-state index is 9.71. The Morgan fingerprint density at radius 3 is 2.00 bits per heavy atom. The quantitative estimate of drug-likeness (QED) is 0.278. The van der Waals surface area contributed by atoms with Crippen LogP contribution in [0.2, 0.25) is 0 Å². The second kappa shape index (κ2) is 4.60. The maximum Gasteiger partial charge on any atom is 1.00 e. The summed E-state index contributed by atoms with van der Waals surface area (Å²) < 4.78 is 0. The fourth-order valence-electron chi connectivity index (χ4n) is 0. The molecule has 0 amide bonds. The van der Waals surface area contributed by atoms with Crippen molar-refractivity contribution in [2.24, 2.45) is 0 Å². The first-order chi connectivity index (χ1) is 2.64. The van der Waals surface area contributed by atoms with Crippen LogP contribution in [0.4, 0.5) is 0 Å². The molecule has 0 bridgehead atoms. The van der Waals surface area contributed by atoms with Crippen LogP contribution in [0.25, 0.3) is 0 Å². The van der Waals surface area contributed by atoms with Gasteiger partial charge in [-0.25, -0.2) is 0 Å². The second-order valence-corrected chi connectivity index (χ2v) is 1.40. The Morgan fingerprint density at radius 1 is 1.86 bits per heavy atom. The van der Waals surface area contributed by atoms with Crippen molar-refractivity contribution in [1.82, 2.24) is 0 Å². The van der Waals surface area contributed by atoms with Crippen LogP contribution in [0, 0.1) is 0 Å². The van der Waals surface area contributed by atoms with Gasteiger partial charge in [-0.3, -0.25) is 0 Å². The summed E-state index contributed by atoms with van der Waals surface area (Å²) in [6.45, 7) is 1.34. The first-order valence-corrected chi connectivity index (χ1v) is 1.94. The van der Waals surface area contributed by atoms with E-state index in [2.05, 4.69) is 12.2 Å². The van der Waals surface area contributed by atoms with E-state index in [1.165, 1.54) is 6.92 Å². The summed E-state index contributed by atoms with van der Waals surface area (Å²) in [7, 11) is 0. The van der Waals surface area contributed by atoms with E-state index in [-0.39, 0.29) is 18.9 Å². The summed E-state index contributed by atoms with van der Waals surface area (Å²) in [5, 5.41) is 17.3. The van der Waals surface area contributed by atoms with Gasteiger partial charge in [-0.1, -0.05) is 12.2 Å². The third-order valence-electron chi connectivity index (χ3n) is 0.341. The maximum absolute atomic E-state index is 9.71. The molecule has 0 saturated heterocycles. The average Bonchev–Trinajstić information content (AvgIpc) is 1.36. The molecule has 1 unspecified atom stereocenters. The van der Waals surface area contributed by atoms with Crippen LogP contribution in [-0.4, -0.2) is 16.3 Å². The van der Waals surface area contributed by atoms with Crippen LogP contribution in [0.5, 0.6) is 0 Å². The molecule has 1 atom stereocenters. The molecule has 2 nitrogen and oxygen atoms in total. The molecule has 0 heterocycles. The molecule has 0 aliphatic carbocycles. The normalized spacial score (nSPS) is 11.7. The Hall–Kier alpha value is 0.447. The standard InChI is InChI=1S/C3H6O2S.Li/c1-2(4)3(5)6;/h2,4H,1H3,(H,5,6);/q;+1/p-1. The van der Waals surface area contributed by atoms with Crippen LogP contribution >= 0.6 is 12.2 Å². The zero-order chi connectivity index (χ0) is 5.15. The van der Waals surface area contributed by atoms with E-state index in [9.17, 15) is 5.11 Å². The van der Waals surface area contributed by atoms with Crippen molar-refractivity contribution in [3.05, 3.63) is 0 Å². The molecule has 0 spiro atoms. The van der Waals surface area contributed by atoms with Crippen LogP contribution in [0.1, 0.15) is 6.92 Å². The number of hydrogen-bond acceptors (Lipinski definition) is 3. The third kappa shape index (κ3) is 6.45. The van der Waals surface area contributed by atoms with Crippen molar-refractivity contribution < 1.29 is 29.1 Å². The zero-order valence-electron chi connectivity index (χ0n) is 4.34. The minimum atomic E-state index is -0.972. The van der Waals surface area contributed by atoms with Crippen molar-refractivity contribution in [3.63, 3.8) is 0 Å². The molecule has 0 fully saturated rings. The Labute approximate surface area is 59.7 Å². The summed E-state index contributed by atoms with van der Waals surface area (Å²) in [4.78, 5) is 0. The minimum absolute atomic E-state index is 0. The van der Waals surface area contributed by atoms with Crippen LogP contribution in [-0.2, 0) is 0 Å². The largest absolute Gasteiger partial charge is 1.00 e. The molecule has 36 valence electrons. The van der Waals surface area contributed by atoms with Gasteiger partial charge in [0.1, 0.15) is 0 Å². The molecule has 0 rings (SSSR count). The number of thiocarbonyl (C=S) groups is 1. The number of hydrogen-bond donors (Lipinski definition) is 1. The summed E-state index contributed by atoms with van der Waals surface area (Å²) in [5.41, 5.74) is 0. The summed E-state index contributed by atoms with van der Waals surface area (Å²) >= 11 is 4.01. The van der Waals surface area contributed by atoms with Crippen LogP contribution < -0.4 is 24.0 Å². The van der Waals surface area contributed by atoms with E-state index in [4.69, 9.17) is 5.11 Å². The number of rotatable bonds is 1. The Morgan fingerprint density at radius 2 is 2.00 bits per heavy atom. The Kier molecular flexibility index (Phi) is 6.86. The van der Waals surface area contributed by atoms with Gasteiger partial charge in [0.15, 0.2) is 0 Å². The van der Waals surface area contributed by atoms with Gasteiger partial charge in [-0.15, -0.1) is 0 Å². The smallest absolute Gasteiger partial charge is 0.866 e. The monoisotopic (exact) mass is 112 g/mol. The van der Waals surface area contributed by atoms with Crippen molar-refractivity contribution in [1.29, 1.82) is 0 Å². The summed E-state index contributed by atoms with van der Waals surface area (Å²) in [6, 6.07) is 0. The molecule has 0 aliphatic heterocycles. The van der Waals surface area contributed by atoms with Crippen molar-refractivity contribution in [2.75, 3.05) is 0 Å². The van der Waals surface area contributed by atoms with Crippen LogP contribution in [0.3, 0.4) is 0 Å². The molecular weight excluding hydrogens is 107 g/mol. The fourth-order valence-corrected chi connectivity index (χ4v) is 0. The van der Waals surface area contributed by atoms with E-state index in [1.54, 1.807) is 0 Å². The van der Waals surface area contributed by atoms with E-state index in [1.807, 2.05) is 0 Å². The number of aliphatic hydroxyl groups excluding tert-OH is 1. The van der Waals surface area contributed by atoms with Gasteiger partial charge in [0.25, 0.3) is 0 Å². The predicted molar refractivity (Wildman–Crippen MR) is 24.3 cm³/mol. The second-order valence-electron chi connectivity index (χ2n) is 0.995. The van der Waals surface area contributed by atoms with E-state index >= 15 is 0 Å². The molecule has 0 aromatic rings. The van der Waals surface area contributed by atoms with E-state index < -0.39 is 11.2 Å². The summed E-state index contributed by atoms with van der Waals surface area (Å²) in [5.74, 6) is 0. The number of aliphatic hydroxyl groups is 1. The molecule has 0 aromatic carbocycles. The average molecular weight is 112 g/mol. The minimum Gasteiger partial charge on any atom is -0.866 e. The molecule has 0 saturated carbocycles. The SMILES string of the molecule is CC(O)C([O-])=S.[Li+].